The predicted molar refractivity (Wildman–Crippen MR) is 86.1 cm³/mol. The number of hydrogen-bond donors (Lipinski definition) is 2. The number of thioether (sulfide) groups is 1. The molecule has 0 bridgehead atoms. The maximum Gasteiger partial charge on any atom is 0.221 e. The molecule has 20 heavy (non-hydrogen) atoms. The van der Waals surface area contributed by atoms with Crippen molar-refractivity contribution in [1.82, 2.24) is 9.97 Å². The minimum atomic E-state index is 0.187. The van der Waals surface area contributed by atoms with Gasteiger partial charge in [0.15, 0.2) is 0 Å². The van der Waals surface area contributed by atoms with E-state index in [1.807, 2.05) is 12.3 Å². The molecule has 0 unspecified atom stereocenters. The predicted octanol–water partition coefficient (Wildman–Crippen LogP) is 2.72. The van der Waals surface area contributed by atoms with Crippen LogP contribution in [-0.4, -0.2) is 23.3 Å². The van der Waals surface area contributed by atoms with Crippen LogP contribution in [0.1, 0.15) is 11.1 Å². The molecule has 1 aromatic carbocycles. The first-order valence-electron chi connectivity index (χ1n) is 5.82. The maximum atomic E-state index is 5.86. The first-order valence-corrected chi connectivity index (χ1v) is 7.84. The summed E-state index contributed by atoms with van der Waals surface area (Å²) in [5.74, 6) is 1.44. The number of nitrogens with two attached hydrogens (primary N) is 2. The van der Waals surface area contributed by atoms with Crippen LogP contribution >= 0.6 is 27.7 Å². The molecule has 0 aliphatic rings. The van der Waals surface area contributed by atoms with Gasteiger partial charge >= 0.3 is 0 Å². The molecule has 0 aliphatic carbocycles. The van der Waals surface area contributed by atoms with E-state index < -0.39 is 0 Å². The average Bonchev–Trinajstić information content (AvgIpc) is 2.41. The molecule has 0 spiro atoms. The summed E-state index contributed by atoms with van der Waals surface area (Å²) >= 11 is 5.15. The number of ether oxygens (including phenoxy) is 1. The fraction of sp³-hybridized carbons (Fsp3) is 0.231. The van der Waals surface area contributed by atoms with Gasteiger partial charge in [-0.3, -0.25) is 0 Å². The number of benzene rings is 1. The minimum Gasteiger partial charge on any atom is -0.494 e. The highest BCUT2D eigenvalue weighted by Gasteiger charge is 2.11. The Balaban J connectivity index is 2.36. The molecule has 0 saturated carbocycles. The van der Waals surface area contributed by atoms with E-state index in [2.05, 4.69) is 32.0 Å². The van der Waals surface area contributed by atoms with Gasteiger partial charge in [0.05, 0.1) is 16.5 Å². The zero-order chi connectivity index (χ0) is 14.7. The molecule has 0 fully saturated rings. The van der Waals surface area contributed by atoms with E-state index in [4.69, 9.17) is 16.2 Å². The van der Waals surface area contributed by atoms with E-state index in [1.54, 1.807) is 25.1 Å². The minimum absolute atomic E-state index is 0.187. The summed E-state index contributed by atoms with van der Waals surface area (Å²) in [6.07, 6.45) is 4.31. The molecule has 0 atom stereocenters. The maximum absolute atomic E-state index is 5.86. The van der Waals surface area contributed by atoms with Gasteiger partial charge in [0, 0.05) is 18.2 Å². The van der Waals surface area contributed by atoms with Gasteiger partial charge in [-0.2, -0.15) is 4.98 Å². The Morgan fingerprint density at radius 1 is 1.35 bits per heavy atom. The van der Waals surface area contributed by atoms with Crippen molar-refractivity contribution in [1.29, 1.82) is 0 Å². The molecular formula is C13H15BrN4OS. The Labute approximate surface area is 130 Å². The first kappa shape index (κ1) is 14.9. The van der Waals surface area contributed by atoms with Crippen LogP contribution in [0.4, 0.5) is 11.8 Å². The van der Waals surface area contributed by atoms with Gasteiger partial charge in [-0.15, -0.1) is 11.8 Å². The van der Waals surface area contributed by atoms with E-state index in [0.29, 0.717) is 12.2 Å². The van der Waals surface area contributed by atoms with Crippen LogP contribution in [0.2, 0.25) is 0 Å². The van der Waals surface area contributed by atoms with Crippen LogP contribution in [-0.2, 0) is 6.42 Å². The number of halogens is 1. The molecule has 2 rings (SSSR count). The largest absolute Gasteiger partial charge is 0.494 e. The van der Waals surface area contributed by atoms with E-state index in [9.17, 15) is 0 Å². The molecule has 0 saturated heterocycles. The van der Waals surface area contributed by atoms with Crippen molar-refractivity contribution in [3.05, 3.63) is 33.9 Å². The molecule has 7 heteroatoms. The lowest BCUT2D eigenvalue weighted by Gasteiger charge is -2.12. The standard InChI is InChI=1S/C13H15BrN4OS/c1-19-11-9(14)4-7(5-10(11)20-2)3-8-6-17-13(16)18-12(8)15/h4-6H,3H2,1-2H3,(H4,15,16,17,18). The molecule has 4 N–H and O–H groups in total. The summed E-state index contributed by atoms with van der Waals surface area (Å²) in [6, 6.07) is 4.08. The average molecular weight is 355 g/mol. The molecule has 0 radical (unpaired) electrons. The molecule has 106 valence electrons. The van der Waals surface area contributed by atoms with Gasteiger partial charge in [0.2, 0.25) is 5.95 Å². The van der Waals surface area contributed by atoms with Crippen molar-refractivity contribution < 1.29 is 4.74 Å². The Bertz CT molecular complexity index is 636. The number of nitrogens with zero attached hydrogens (tertiary/aromatic N) is 2. The summed E-state index contributed by atoms with van der Waals surface area (Å²) in [5, 5.41) is 0. The van der Waals surface area contributed by atoms with Crippen molar-refractivity contribution in [2.45, 2.75) is 11.3 Å². The van der Waals surface area contributed by atoms with Crippen molar-refractivity contribution in [3.63, 3.8) is 0 Å². The summed E-state index contributed by atoms with van der Waals surface area (Å²) in [5.41, 5.74) is 13.3. The number of methoxy groups -OCH3 is 1. The normalized spacial score (nSPS) is 10.6. The van der Waals surface area contributed by atoms with Crippen LogP contribution in [0, 0.1) is 0 Å². The second-order valence-corrected chi connectivity index (χ2v) is 5.83. The van der Waals surface area contributed by atoms with Crippen molar-refractivity contribution in [2.75, 3.05) is 24.8 Å². The lowest BCUT2D eigenvalue weighted by Crippen LogP contribution is -2.04. The fourth-order valence-electron chi connectivity index (χ4n) is 1.86. The van der Waals surface area contributed by atoms with E-state index in [1.165, 1.54) is 0 Å². The fourth-order valence-corrected chi connectivity index (χ4v) is 3.31. The molecule has 0 aliphatic heterocycles. The Kier molecular flexibility index (Phi) is 4.72. The molecule has 1 heterocycles. The molecule has 0 amide bonds. The second-order valence-electron chi connectivity index (χ2n) is 4.13. The Morgan fingerprint density at radius 3 is 2.70 bits per heavy atom. The lowest BCUT2D eigenvalue weighted by atomic mass is 10.1. The van der Waals surface area contributed by atoms with Gasteiger partial charge < -0.3 is 16.2 Å². The highest BCUT2D eigenvalue weighted by Crippen LogP contribution is 2.36. The van der Waals surface area contributed by atoms with Crippen LogP contribution in [0.3, 0.4) is 0 Å². The summed E-state index contributed by atoms with van der Waals surface area (Å²) in [6.45, 7) is 0. The zero-order valence-corrected chi connectivity index (χ0v) is 13.6. The van der Waals surface area contributed by atoms with Crippen molar-refractivity contribution in [2.24, 2.45) is 0 Å². The van der Waals surface area contributed by atoms with Gasteiger partial charge in [-0.05, 0) is 39.9 Å². The number of nitrogen functional groups attached to an aromatic ring is 2. The van der Waals surface area contributed by atoms with Crippen molar-refractivity contribution >= 4 is 39.5 Å². The zero-order valence-electron chi connectivity index (χ0n) is 11.2. The number of anilines is 2. The molecule has 5 nitrogen and oxygen atoms in total. The van der Waals surface area contributed by atoms with E-state index >= 15 is 0 Å². The number of aromatic nitrogens is 2. The highest BCUT2D eigenvalue weighted by molar-refractivity contribution is 9.10. The quantitative estimate of drug-likeness (QED) is 0.820. The lowest BCUT2D eigenvalue weighted by molar-refractivity contribution is 0.402. The number of hydrogen-bond acceptors (Lipinski definition) is 6. The molecule has 1 aromatic heterocycles. The Morgan fingerprint density at radius 2 is 2.10 bits per heavy atom. The van der Waals surface area contributed by atoms with Gasteiger partial charge in [0.25, 0.3) is 0 Å². The third-order valence-corrected chi connectivity index (χ3v) is 4.14. The third-order valence-electron chi connectivity index (χ3n) is 2.80. The molecule has 2 aromatic rings. The second kappa shape index (κ2) is 6.32. The van der Waals surface area contributed by atoms with Crippen LogP contribution in [0.25, 0.3) is 0 Å². The van der Waals surface area contributed by atoms with E-state index in [0.717, 1.165) is 26.2 Å². The van der Waals surface area contributed by atoms with Gasteiger partial charge in [-0.1, -0.05) is 0 Å². The SMILES string of the molecule is COc1c(Br)cc(Cc2cnc(N)nc2N)cc1SC. The monoisotopic (exact) mass is 354 g/mol. The highest BCUT2D eigenvalue weighted by atomic mass is 79.9. The van der Waals surface area contributed by atoms with Crippen LogP contribution < -0.4 is 16.2 Å². The van der Waals surface area contributed by atoms with Gasteiger partial charge in [0.1, 0.15) is 11.6 Å². The summed E-state index contributed by atoms with van der Waals surface area (Å²) in [7, 11) is 1.66. The van der Waals surface area contributed by atoms with Crippen LogP contribution in [0.5, 0.6) is 5.75 Å². The summed E-state index contributed by atoms with van der Waals surface area (Å²) < 4.78 is 6.29. The van der Waals surface area contributed by atoms with E-state index in [-0.39, 0.29) is 5.95 Å². The van der Waals surface area contributed by atoms with Gasteiger partial charge in [-0.25, -0.2) is 4.98 Å². The summed E-state index contributed by atoms with van der Waals surface area (Å²) in [4.78, 5) is 9.01. The number of rotatable bonds is 4. The Hall–Kier alpha value is -1.47. The topological polar surface area (TPSA) is 87.0 Å². The van der Waals surface area contributed by atoms with Crippen LogP contribution in [0.15, 0.2) is 27.7 Å². The third kappa shape index (κ3) is 3.16. The smallest absolute Gasteiger partial charge is 0.221 e. The molecular weight excluding hydrogens is 340 g/mol. The van der Waals surface area contributed by atoms with Crippen molar-refractivity contribution in [3.8, 4) is 5.75 Å². The first-order chi connectivity index (χ1) is 9.55.